The number of hydrogen-bond donors (Lipinski definition) is 4. The molecule has 0 fully saturated rings. The summed E-state index contributed by atoms with van der Waals surface area (Å²) in [7, 11) is 0. The number of unbranched alkanes of at least 4 members (excludes halogenated alkanes) is 33. The van der Waals surface area contributed by atoms with Crippen LogP contribution in [0.1, 0.15) is 258 Å². The summed E-state index contributed by atoms with van der Waals surface area (Å²) in [5.41, 5.74) is 0. The van der Waals surface area contributed by atoms with Gasteiger partial charge in [0.1, 0.15) is 0 Å². The molecule has 0 radical (unpaired) electrons. The number of aliphatic hydroxyl groups excluding tert-OH is 3. The molecule has 0 aliphatic heterocycles. The SMILES string of the molecule is CCCCCCCCCCCCCCCCCC/C=C/CC/C=C/C(O)C(CO)NC(=O)CC(O)CCCCCCCCCCCCCCCCCCC. The molecule has 320 valence electrons. The van der Waals surface area contributed by atoms with Gasteiger partial charge in [-0.1, -0.05) is 244 Å². The van der Waals surface area contributed by atoms with Crippen LogP contribution in [-0.4, -0.2) is 46.1 Å². The van der Waals surface area contributed by atoms with Crippen molar-refractivity contribution in [3.63, 3.8) is 0 Å². The first-order valence-electron chi connectivity index (χ1n) is 24.1. The van der Waals surface area contributed by atoms with Crippen molar-refractivity contribution in [1.82, 2.24) is 5.32 Å². The number of aliphatic hydroxyl groups is 3. The maximum absolute atomic E-state index is 12.5. The fourth-order valence-corrected chi connectivity index (χ4v) is 7.53. The van der Waals surface area contributed by atoms with Crippen LogP contribution in [0.4, 0.5) is 0 Å². The topological polar surface area (TPSA) is 89.8 Å². The van der Waals surface area contributed by atoms with E-state index in [0.717, 1.165) is 32.1 Å². The number of rotatable bonds is 44. The van der Waals surface area contributed by atoms with Gasteiger partial charge in [0.2, 0.25) is 5.91 Å². The Balaban J connectivity index is 3.65. The lowest BCUT2D eigenvalue weighted by Crippen LogP contribution is -2.45. The normalized spacial score (nSPS) is 13.6. The summed E-state index contributed by atoms with van der Waals surface area (Å²) in [4.78, 5) is 12.5. The van der Waals surface area contributed by atoms with Crippen LogP contribution >= 0.6 is 0 Å². The third kappa shape index (κ3) is 40.5. The molecule has 0 aliphatic carbocycles. The number of allylic oxidation sites excluding steroid dienone is 3. The molecule has 0 heterocycles. The minimum atomic E-state index is -0.949. The van der Waals surface area contributed by atoms with Crippen LogP contribution in [-0.2, 0) is 4.79 Å². The number of carbonyl (C=O) groups is 1. The molecule has 0 aromatic rings. The maximum atomic E-state index is 12.5. The van der Waals surface area contributed by atoms with E-state index < -0.39 is 18.2 Å². The zero-order valence-electron chi connectivity index (χ0n) is 36.4. The van der Waals surface area contributed by atoms with E-state index in [1.807, 2.05) is 6.08 Å². The smallest absolute Gasteiger partial charge is 0.222 e. The van der Waals surface area contributed by atoms with Gasteiger partial charge in [0.15, 0.2) is 0 Å². The van der Waals surface area contributed by atoms with Crippen molar-refractivity contribution >= 4 is 5.91 Å². The minimum absolute atomic E-state index is 0.00991. The summed E-state index contributed by atoms with van der Waals surface area (Å²) in [6.45, 7) is 4.22. The molecule has 0 aromatic carbocycles. The molecule has 1 amide bonds. The minimum Gasteiger partial charge on any atom is -0.394 e. The molecular formula is C49H95NO4. The first kappa shape index (κ1) is 52.8. The van der Waals surface area contributed by atoms with Gasteiger partial charge in [-0.15, -0.1) is 0 Å². The number of nitrogens with one attached hydrogen (secondary N) is 1. The summed E-state index contributed by atoms with van der Waals surface area (Å²) in [6, 6.07) is -0.758. The maximum Gasteiger partial charge on any atom is 0.222 e. The second-order valence-electron chi connectivity index (χ2n) is 16.7. The Labute approximate surface area is 337 Å². The fourth-order valence-electron chi connectivity index (χ4n) is 7.53. The molecule has 0 saturated heterocycles. The molecule has 3 atom stereocenters. The summed E-state index contributed by atoms with van der Waals surface area (Å²) in [6.07, 6.45) is 54.8. The van der Waals surface area contributed by atoms with E-state index in [4.69, 9.17) is 0 Å². The molecule has 4 N–H and O–H groups in total. The number of amides is 1. The predicted molar refractivity (Wildman–Crippen MR) is 236 cm³/mol. The standard InChI is InChI=1S/C49H95NO4/c1-3-5-7-9-11-13-15-17-19-21-22-23-24-25-27-29-31-33-35-37-39-41-43-48(53)47(45-51)50-49(54)44-46(52)42-40-38-36-34-32-30-28-26-20-18-16-14-12-10-8-6-4-2/h33,35,41,43,46-48,51-53H,3-32,34,36-40,42,44-45H2,1-2H3,(H,50,54)/b35-33+,43-41+. The van der Waals surface area contributed by atoms with Crippen LogP contribution in [0.25, 0.3) is 0 Å². The highest BCUT2D eigenvalue weighted by Crippen LogP contribution is 2.16. The first-order chi connectivity index (χ1) is 26.5. The summed E-state index contributed by atoms with van der Waals surface area (Å²) < 4.78 is 0. The average Bonchev–Trinajstić information content (AvgIpc) is 3.16. The van der Waals surface area contributed by atoms with E-state index in [2.05, 4.69) is 31.3 Å². The van der Waals surface area contributed by atoms with Gasteiger partial charge in [0, 0.05) is 0 Å². The van der Waals surface area contributed by atoms with E-state index in [0.29, 0.717) is 6.42 Å². The van der Waals surface area contributed by atoms with E-state index in [9.17, 15) is 20.1 Å². The van der Waals surface area contributed by atoms with Crippen molar-refractivity contribution in [2.24, 2.45) is 0 Å². The molecule has 0 rings (SSSR count). The van der Waals surface area contributed by atoms with Gasteiger partial charge in [-0.05, 0) is 32.1 Å². The highest BCUT2D eigenvalue weighted by Gasteiger charge is 2.20. The molecule has 0 aromatic heterocycles. The Morgan fingerprint density at radius 2 is 0.796 bits per heavy atom. The Bertz CT molecular complexity index is 799. The van der Waals surface area contributed by atoms with Gasteiger partial charge in [-0.3, -0.25) is 4.79 Å². The van der Waals surface area contributed by atoms with Crippen molar-refractivity contribution in [1.29, 1.82) is 0 Å². The molecule has 3 unspecified atom stereocenters. The lowest BCUT2D eigenvalue weighted by molar-refractivity contribution is -0.124. The lowest BCUT2D eigenvalue weighted by atomic mass is 10.0. The van der Waals surface area contributed by atoms with E-state index in [1.165, 1.54) is 199 Å². The zero-order chi connectivity index (χ0) is 39.4. The van der Waals surface area contributed by atoms with Crippen molar-refractivity contribution in [3.05, 3.63) is 24.3 Å². The summed E-state index contributed by atoms with van der Waals surface area (Å²) in [5, 5.41) is 33.3. The van der Waals surface area contributed by atoms with Crippen LogP contribution in [0.2, 0.25) is 0 Å². The van der Waals surface area contributed by atoms with Crippen LogP contribution < -0.4 is 5.32 Å². The highest BCUT2D eigenvalue weighted by molar-refractivity contribution is 5.76. The van der Waals surface area contributed by atoms with Crippen molar-refractivity contribution in [2.75, 3.05) is 6.61 Å². The molecule has 0 saturated carbocycles. The van der Waals surface area contributed by atoms with Gasteiger partial charge in [0.05, 0.1) is 31.3 Å². The fraction of sp³-hybridized carbons (Fsp3) is 0.898. The van der Waals surface area contributed by atoms with E-state index >= 15 is 0 Å². The molecule has 0 bridgehead atoms. The summed E-state index contributed by atoms with van der Waals surface area (Å²) >= 11 is 0. The van der Waals surface area contributed by atoms with Gasteiger partial charge in [-0.2, -0.15) is 0 Å². The molecule has 5 heteroatoms. The van der Waals surface area contributed by atoms with E-state index in [1.54, 1.807) is 6.08 Å². The number of hydrogen-bond acceptors (Lipinski definition) is 4. The first-order valence-corrected chi connectivity index (χ1v) is 24.1. The molecular weight excluding hydrogens is 667 g/mol. The molecule has 0 aliphatic rings. The predicted octanol–water partition coefficient (Wildman–Crippen LogP) is 14.2. The molecule has 54 heavy (non-hydrogen) atoms. The van der Waals surface area contributed by atoms with Gasteiger partial charge < -0.3 is 20.6 Å². The van der Waals surface area contributed by atoms with Crippen LogP contribution in [0, 0.1) is 0 Å². The van der Waals surface area contributed by atoms with Crippen LogP contribution in [0.5, 0.6) is 0 Å². The highest BCUT2D eigenvalue weighted by atomic mass is 16.3. The monoisotopic (exact) mass is 762 g/mol. The van der Waals surface area contributed by atoms with Crippen LogP contribution in [0.3, 0.4) is 0 Å². The van der Waals surface area contributed by atoms with Crippen molar-refractivity contribution < 1.29 is 20.1 Å². The van der Waals surface area contributed by atoms with Gasteiger partial charge >= 0.3 is 0 Å². The Morgan fingerprint density at radius 3 is 1.19 bits per heavy atom. The zero-order valence-corrected chi connectivity index (χ0v) is 36.4. The van der Waals surface area contributed by atoms with Crippen molar-refractivity contribution in [3.8, 4) is 0 Å². The second-order valence-corrected chi connectivity index (χ2v) is 16.7. The largest absolute Gasteiger partial charge is 0.394 e. The average molecular weight is 762 g/mol. The van der Waals surface area contributed by atoms with E-state index in [-0.39, 0.29) is 18.9 Å². The van der Waals surface area contributed by atoms with Gasteiger partial charge in [0.25, 0.3) is 0 Å². The Kier molecular flexibility index (Phi) is 43.6. The quantitative estimate of drug-likeness (QED) is 0.0368. The Morgan fingerprint density at radius 1 is 0.463 bits per heavy atom. The Hall–Kier alpha value is -1.17. The molecule has 0 spiro atoms. The second kappa shape index (κ2) is 44.5. The summed E-state index contributed by atoms with van der Waals surface area (Å²) in [5.74, 6) is -0.321. The van der Waals surface area contributed by atoms with Crippen molar-refractivity contribution in [2.45, 2.75) is 276 Å². The molecule has 5 nitrogen and oxygen atoms in total. The van der Waals surface area contributed by atoms with Crippen LogP contribution in [0.15, 0.2) is 24.3 Å². The third-order valence-electron chi connectivity index (χ3n) is 11.2. The van der Waals surface area contributed by atoms with Gasteiger partial charge in [-0.25, -0.2) is 0 Å². The third-order valence-corrected chi connectivity index (χ3v) is 11.2. The number of carbonyl (C=O) groups excluding carboxylic acids is 1. The lowest BCUT2D eigenvalue weighted by Gasteiger charge is -2.21.